The SMILES string of the molecule is Cc1cc(Br)c2[nH]ccc2c1C. The zero-order chi connectivity index (χ0) is 8.72. The topological polar surface area (TPSA) is 15.8 Å². The Morgan fingerprint density at radius 1 is 1.33 bits per heavy atom. The van der Waals surface area contributed by atoms with Crippen molar-refractivity contribution in [1.82, 2.24) is 4.98 Å². The Kier molecular flexibility index (Phi) is 1.72. The molecule has 2 aromatic rings. The second-order valence-electron chi connectivity index (χ2n) is 3.07. The molecule has 2 rings (SSSR count). The standard InChI is InChI=1S/C10H10BrN/c1-6-5-9(11)10-8(7(6)2)3-4-12-10/h3-5,12H,1-2H3. The first kappa shape index (κ1) is 7.87. The van der Waals surface area contributed by atoms with E-state index in [1.54, 1.807) is 0 Å². The first-order chi connectivity index (χ1) is 5.70. The van der Waals surface area contributed by atoms with Crippen molar-refractivity contribution in [3.05, 3.63) is 33.9 Å². The zero-order valence-electron chi connectivity index (χ0n) is 7.11. The van der Waals surface area contributed by atoms with Crippen LogP contribution in [0.5, 0.6) is 0 Å². The molecule has 0 aliphatic rings. The van der Waals surface area contributed by atoms with E-state index < -0.39 is 0 Å². The Hall–Kier alpha value is -0.760. The van der Waals surface area contributed by atoms with Gasteiger partial charge in [-0.25, -0.2) is 0 Å². The lowest BCUT2D eigenvalue weighted by molar-refractivity contribution is 1.36. The minimum atomic E-state index is 1.14. The maximum absolute atomic E-state index is 3.53. The molecule has 1 aromatic heterocycles. The van der Waals surface area contributed by atoms with Gasteiger partial charge in [0, 0.05) is 16.1 Å². The second kappa shape index (κ2) is 2.63. The predicted molar refractivity (Wildman–Crippen MR) is 55.5 cm³/mol. The van der Waals surface area contributed by atoms with Crippen LogP contribution < -0.4 is 0 Å². The summed E-state index contributed by atoms with van der Waals surface area (Å²) in [5.41, 5.74) is 3.88. The van der Waals surface area contributed by atoms with Gasteiger partial charge in [0.15, 0.2) is 0 Å². The lowest BCUT2D eigenvalue weighted by atomic mass is 10.1. The molecule has 12 heavy (non-hydrogen) atoms. The summed E-state index contributed by atoms with van der Waals surface area (Å²) in [6.45, 7) is 4.28. The fourth-order valence-electron chi connectivity index (χ4n) is 1.46. The average molecular weight is 224 g/mol. The van der Waals surface area contributed by atoms with Crippen molar-refractivity contribution in [2.75, 3.05) is 0 Å². The highest BCUT2D eigenvalue weighted by atomic mass is 79.9. The summed E-state index contributed by atoms with van der Waals surface area (Å²) in [7, 11) is 0. The minimum Gasteiger partial charge on any atom is -0.360 e. The molecule has 0 unspecified atom stereocenters. The first-order valence-corrected chi connectivity index (χ1v) is 4.72. The van der Waals surface area contributed by atoms with E-state index in [2.05, 4.69) is 46.9 Å². The Balaban J connectivity index is 2.97. The van der Waals surface area contributed by atoms with Crippen LogP contribution in [0.25, 0.3) is 10.9 Å². The molecular formula is C10H10BrN. The van der Waals surface area contributed by atoms with Crippen molar-refractivity contribution < 1.29 is 0 Å². The average Bonchev–Trinajstić information content (AvgIpc) is 2.48. The summed E-state index contributed by atoms with van der Waals surface area (Å²) in [5.74, 6) is 0. The molecule has 0 atom stereocenters. The molecule has 0 aliphatic carbocycles. The molecule has 0 fully saturated rings. The third kappa shape index (κ3) is 0.985. The van der Waals surface area contributed by atoms with Crippen molar-refractivity contribution in [1.29, 1.82) is 0 Å². The fraction of sp³-hybridized carbons (Fsp3) is 0.200. The van der Waals surface area contributed by atoms with E-state index in [0.29, 0.717) is 0 Å². The van der Waals surface area contributed by atoms with Gasteiger partial charge in [0.2, 0.25) is 0 Å². The number of H-pyrrole nitrogens is 1. The molecule has 2 heteroatoms. The Bertz CT molecular complexity index is 429. The molecule has 1 aromatic carbocycles. The van der Waals surface area contributed by atoms with E-state index in [4.69, 9.17) is 0 Å². The van der Waals surface area contributed by atoms with Crippen LogP contribution in [0.4, 0.5) is 0 Å². The predicted octanol–water partition coefficient (Wildman–Crippen LogP) is 3.55. The Morgan fingerprint density at radius 3 is 2.83 bits per heavy atom. The molecule has 0 radical (unpaired) electrons. The molecule has 1 N–H and O–H groups in total. The highest BCUT2D eigenvalue weighted by molar-refractivity contribution is 9.10. The van der Waals surface area contributed by atoms with Crippen LogP contribution >= 0.6 is 15.9 Å². The van der Waals surface area contributed by atoms with Crippen molar-refractivity contribution >= 4 is 26.8 Å². The molecule has 0 aliphatic heterocycles. The minimum absolute atomic E-state index is 1.14. The summed E-state index contributed by atoms with van der Waals surface area (Å²) in [6.07, 6.45) is 1.97. The van der Waals surface area contributed by atoms with Crippen LogP contribution in [0.1, 0.15) is 11.1 Å². The van der Waals surface area contributed by atoms with Crippen LogP contribution in [0.2, 0.25) is 0 Å². The van der Waals surface area contributed by atoms with Gasteiger partial charge >= 0.3 is 0 Å². The number of aromatic nitrogens is 1. The number of fused-ring (bicyclic) bond motifs is 1. The van der Waals surface area contributed by atoms with Gasteiger partial charge in [0.1, 0.15) is 0 Å². The molecule has 0 amide bonds. The normalized spacial score (nSPS) is 10.9. The lowest BCUT2D eigenvalue weighted by Crippen LogP contribution is -1.82. The molecule has 1 heterocycles. The number of benzene rings is 1. The molecule has 0 saturated heterocycles. The third-order valence-electron chi connectivity index (χ3n) is 2.32. The molecule has 0 spiro atoms. The number of halogens is 1. The van der Waals surface area contributed by atoms with Gasteiger partial charge in [-0.3, -0.25) is 0 Å². The fourth-order valence-corrected chi connectivity index (χ4v) is 2.13. The molecule has 1 nitrogen and oxygen atoms in total. The van der Waals surface area contributed by atoms with E-state index in [-0.39, 0.29) is 0 Å². The number of hydrogen-bond donors (Lipinski definition) is 1. The Labute approximate surface area is 79.9 Å². The van der Waals surface area contributed by atoms with Crippen molar-refractivity contribution in [2.45, 2.75) is 13.8 Å². The smallest absolute Gasteiger partial charge is 0.0601 e. The number of aromatic amines is 1. The number of aryl methyl sites for hydroxylation is 2. The molecule has 0 bridgehead atoms. The highest BCUT2D eigenvalue weighted by Gasteiger charge is 2.04. The van der Waals surface area contributed by atoms with E-state index in [9.17, 15) is 0 Å². The largest absolute Gasteiger partial charge is 0.360 e. The van der Waals surface area contributed by atoms with Gasteiger partial charge in [-0.15, -0.1) is 0 Å². The summed E-state index contributed by atoms with van der Waals surface area (Å²) in [5, 5.41) is 1.31. The molecular weight excluding hydrogens is 214 g/mol. The third-order valence-corrected chi connectivity index (χ3v) is 2.95. The van der Waals surface area contributed by atoms with Crippen LogP contribution in [0.3, 0.4) is 0 Å². The quantitative estimate of drug-likeness (QED) is 0.704. The van der Waals surface area contributed by atoms with E-state index in [1.807, 2.05) is 6.20 Å². The molecule has 62 valence electrons. The number of rotatable bonds is 0. The van der Waals surface area contributed by atoms with Crippen molar-refractivity contribution in [2.24, 2.45) is 0 Å². The van der Waals surface area contributed by atoms with Crippen molar-refractivity contribution in [3.8, 4) is 0 Å². The van der Waals surface area contributed by atoms with Crippen LogP contribution in [0.15, 0.2) is 22.8 Å². The van der Waals surface area contributed by atoms with Crippen molar-refractivity contribution in [3.63, 3.8) is 0 Å². The maximum Gasteiger partial charge on any atom is 0.0601 e. The summed E-state index contributed by atoms with van der Waals surface area (Å²) < 4.78 is 1.14. The molecule has 0 saturated carbocycles. The van der Waals surface area contributed by atoms with Gasteiger partial charge < -0.3 is 4.98 Å². The summed E-state index contributed by atoms with van der Waals surface area (Å²) in [6, 6.07) is 4.26. The van der Waals surface area contributed by atoms with Gasteiger partial charge in [0.05, 0.1) is 5.52 Å². The zero-order valence-corrected chi connectivity index (χ0v) is 8.70. The van der Waals surface area contributed by atoms with Gasteiger partial charge in [-0.1, -0.05) is 0 Å². The number of hydrogen-bond acceptors (Lipinski definition) is 0. The monoisotopic (exact) mass is 223 g/mol. The second-order valence-corrected chi connectivity index (χ2v) is 3.92. The van der Waals surface area contributed by atoms with Crippen LogP contribution in [-0.2, 0) is 0 Å². The van der Waals surface area contributed by atoms with E-state index in [0.717, 1.165) is 4.47 Å². The van der Waals surface area contributed by atoms with Gasteiger partial charge in [-0.2, -0.15) is 0 Å². The van der Waals surface area contributed by atoms with E-state index in [1.165, 1.54) is 22.0 Å². The van der Waals surface area contributed by atoms with Gasteiger partial charge in [-0.05, 0) is 53.0 Å². The summed E-state index contributed by atoms with van der Waals surface area (Å²) >= 11 is 3.53. The van der Waals surface area contributed by atoms with Crippen LogP contribution in [-0.4, -0.2) is 4.98 Å². The Morgan fingerprint density at radius 2 is 2.08 bits per heavy atom. The summed E-state index contributed by atoms with van der Waals surface area (Å²) in [4.78, 5) is 3.21. The first-order valence-electron chi connectivity index (χ1n) is 3.93. The van der Waals surface area contributed by atoms with E-state index >= 15 is 0 Å². The highest BCUT2D eigenvalue weighted by Crippen LogP contribution is 2.27. The maximum atomic E-state index is 3.53. The lowest BCUT2D eigenvalue weighted by Gasteiger charge is -2.03. The van der Waals surface area contributed by atoms with Gasteiger partial charge in [0.25, 0.3) is 0 Å². The van der Waals surface area contributed by atoms with Crippen LogP contribution in [0, 0.1) is 13.8 Å². The number of nitrogens with one attached hydrogen (secondary N) is 1.